The first-order chi connectivity index (χ1) is 8.62. The smallest absolute Gasteiger partial charge is 0.124 e. The maximum atomic E-state index is 13.3. The molecule has 0 aliphatic carbocycles. The largest absolute Gasteiger partial charge is 0.377 e. The van der Waals surface area contributed by atoms with Gasteiger partial charge in [-0.25, -0.2) is 4.39 Å². The summed E-state index contributed by atoms with van der Waals surface area (Å²) in [7, 11) is 3.39. The summed E-state index contributed by atoms with van der Waals surface area (Å²) >= 11 is 3.31. The lowest BCUT2D eigenvalue weighted by molar-refractivity contribution is -0.00461. The molecule has 100 valence electrons. The quantitative estimate of drug-likeness (QED) is 0.851. The zero-order chi connectivity index (χ0) is 13.1. The van der Waals surface area contributed by atoms with Crippen molar-refractivity contribution < 1.29 is 13.9 Å². The van der Waals surface area contributed by atoms with Crippen LogP contribution < -0.4 is 0 Å². The molecule has 2 rings (SSSR count). The van der Waals surface area contributed by atoms with E-state index in [-0.39, 0.29) is 18.0 Å². The second-order valence-electron chi connectivity index (χ2n) is 4.52. The van der Waals surface area contributed by atoms with E-state index in [0.717, 1.165) is 23.1 Å². The number of rotatable bonds is 4. The first-order valence-corrected chi connectivity index (χ1v) is 6.64. The molecule has 0 radical (unpaired) electrons. The average Bonchev–Trinajstić information content (AvgIpc) is 2.69. The van der Waals surface area contributed by atoms with Crippen LogP contribution in [0.3, 0.4) is 0 Å². The molecule has 1 aromatic rings. The van der Waals surface area contributed by atoms with Crippen LogP contribution in [0.25, 0.3) is 0 Å². The minimum Gasteiger partial charge on any atom is -0.377 e. The maximum Gasteiger partial charge on any atom is 0.124 e. The van der Waals surface area contributed by atoms with Gasteiger partial charge in [0.15, 0.2) is 0 Å². The normalized spacial score (nSPS) is 24.7. The molecule has 1 fully saturated rings. The zero-order valence-electron chi connectivity index (χ0n) is 10.5. The molecule has 0 amide bonds. The maximum absolute atomic E-state index is 13.3. The van der Waals surface area contributed by atoms with Crippen LogP contribution in [0, 0.1) is 5.82 Å². The van der Waals surface area contributed by atoms with Gasteiger partial charge in [-0.3, -0.25) is 4.90 Å². The lowest BCUT2D eigenvalue weighted by atomic mass is 10.2. The van der Waals surface area contributed by atoms with Gasteiger partial charge in [0.1, 0.15) is 5.82 Å². The zero-order valence-corrected chi connectivity index (χ0v) is 12.1. The van der Waals surface area contributed by atoms with Crippen molar-refractivity contribution in [1.29, 1.82) is 0 Å². The molecule has 5 heteroatoms. The first kappa shape index (κ1) is 13.9. The Kier molecular flexibility index (Phi) is 4.72. The molecule has 1 aromatic carbocycles. The lowest BCUT2D eigenvalue weighted by Crippen LogP contribution is -2.27. The van der Waals surface area contributed by atoms with Gasteiger partial charge in [-0.2, -0.15) is 0 Å². The summed E-state index contributed by atoms with van der Waals surface area (Å²) in [4.78, 5) is 2.21. The molecule has 2 atom stereocenters. The van der Waals surface area contributed by atoms with E-state index in [1.807, 2.05) is 6.07 Å². The third-order valence-corrected chi connectivity index (χ3v) is 3.68. The Morgan fingerprint density at radius 2 is 1.83 bits per heavy atom. The lowest BCUT2D eigenvalue weighted by Gasteiger charge is -2.15. The van der Waals surface area contributed by atoms with Crippen LogP contribution in [-0.2, 0) is 16.0 Å². The Bertz CT molecular complexity index is 384. The van der Waals surface area contributed by atoms with Gasteiger partial charge in [0.25, 0.3) is 0 Å². The first-order valence-electron chi connectivity index (χ1n) is 5.85. The van der Waals surface area contributed by atoms with Crippen molar-refractivity contribution in [3.05, 3.63) is 34.1 Å². The van der Waals surface area contributed by atoms with E-state index >= 15 is 0 Å². The number of halogens is 2. The molecular weight excluding hydrogens is 301 g/mol. The highest BCUT2D eigenvalue weighted by molar-refractivity contribution is 9.10. The van der Waals surface area contributed by atoms with Crippen LogP contribution in [0.4, 0.5) is 4.39 Å². The van der Waals surface area contributed by atoms with Gasteiger partial charge in [0.05, 0.1) is 12.2 Å². The van der Waals surface area contributed by atoms with Crippen molar-refractivity contribution in [3.63, 3.8) is 0 Å². The van der Waals surface area contributed by atoms with Crippen LogP contribution in [0.1, 0.15) is 5.56 Å². The number of benzene rings is 1. The standard InChI is InChI=1S/C13H17BrFNO2/c1-17-12-7-16(8-13(12)18-2)6-9-3-10(14)5-11(15)4-9/h3-5,12-13H,6-8H2,1-2H3. The highest BCUT2D eigenvalue weighted by atomic mass is 79.9. The second-order valence-corrected chi connectivity index (χ2v) is 5.44. The number of methoxy groups -OCH3 is 2. The van der Waals surface area contributed by atoms with Gasteiger partial charge in [-0.15, -0.1) is 0 Å². The van der Waals surface area contributed by atoms with E-state index in [4.69, 9.17) is 9.47 Å². The summed E-state index contributed by atoms with van der Waals surface area (Å²) < 4.78 is 24.8. The molecule has 0 saturated carbocycles. The Balaban J connectivity index is 2.02. The van der Waals surface area contributed by atoms with Crippen LogP contribution >= 0.6 is 15.9 Å². The number of hydrogen-bond donors (Lipinski definition) is 0. The van der Waals surface area contributed by atoms with E-state index < -0.39 is 0 Å². The Labute approximate surface area is 115 Å². The van der Waals surface area contributed by atoms with E-state index in [1.165, 1.54) is 6.07 Å². The Hall–Kier alpha value is -0.490. The number of ether oxygens (including phenoxy) is 2. The molecule has 0 aromatic heterocycles. The van der Waals surface area contributed by atoms with E-state index in [9.17, 15) is 4.39 Å². The van der Waals surface area contributed by atoms with Crippen molar-refractivity contribution in [2.75, 3.05) is 27.3 Å². The van der Waals surface area contributed by atoms with Crippen LogP contribution in [0.15, 0.2) is 22.7 Å². The topological polar surface area (TPSA) is 21.7 Å². The van der Waals surface area contributed by atoms with Crippen molar-refractivity contribution >= 4 is 15.9 Å². The SMILES string of the molecule is COC1CN(Cc2cc(F)cc(Br)c2)CC1OC. The van der Waals surface area contributed by atoms with Crippen LogP contribution in [-0.4, -0.2) is 44.4 Å². The van der Waals surface area contributed by atoms with Crippen molar-refractivity contribution in [1.82, 2.24) is 4.90 Å². The predicted molar refractivity (Wildman–Crippen MR) is 71.0 cm³/mol. The molecule has 1 aliphatic heterocycles. The third-order valence-electron chi connectivity index (χ3n) is 3.22. The molecule has 2 unspecified atom stereocenters. The summed E-state index contributed by atoms with van der Waals surface area (Å²) in [6, 6.07) is 4.96. The van der Waals surface area contributed by atoms with Gasteiger partial charge in [0.2, 0.25) is 0 Å². The molecule has 3 nitrogen and oxygen atoms in total. The summed E-state index contributed by atoms with van der Waals surface area (Å²) in [5, 5.41) is 0. The molecule has 1 aliphatic rings. The van der Waals surface area contributed by atoms with E-state index in [2.05, 4.69) is 20.8 Å². The van der Waals surface area contributed by atoms with Gasteiger partial charge >= 0.3 is 0 Å². The molecule has 1 saturated heterocycles. The Morgan fingerprint density at radius 3 is 2.33 bits per heavy atom. The van der Waals surface area contributed by atoms with Crippen molar-refractivity contribution in [2.45, 2.75) is 18.8 Å². The molecule has 0 bridgehead atoms. The summed E-state index contributed by atoms with van der Waals surface area (Å²) in [5.74, 6) is -0.217. The fourth-order valence-corrected chi connectivity index (χ4v) is 2.87. The van der Waals surface area contributed by atoms with Gasteiger partial charge in [0, 0.05) is 38.3 Å². The predicted octanol–water partition coefficient (Wildman–Crippen LogP) is 2.43. The molecule has 1 heterocycles. The highest BCUT2D eigenvalue weighted by Gasteiger charge is 2.32. The van der Waals surface area contributed by atoms with Gasteiger partial charge < -0.3 is 9.47 Å². The van der Waals surface area contributed by atoms with Gasteiger partial charge in [-0.1, -0.05) is 15.9 Å². The Morgan fingerprint density at radius 1 is 1.22 bits per heavy atom. The second kappa shape index (κ2) is 6.10. The van der Waals surface area contributed by atoms with Crippen LogP contribution in [0.5, 0.6) is 0 Å². The minimum atomic E-state index is -0.217. The molecular formula is C13H17BrFNO2. The molecule has 18 heavy (non-hydrogen) atoms. The number of likely N-dealkylation sites (tertiary alicyclic amines) is 1. The van der Waals surface area contributed by atoms with Crippen LogP contribution in [0.2, 0.25) is 0 Å². The summed E-state index contributed by atoms with van der Waals surface area (Å²) in [6.45, 7) is 2.32. The van der Waals surface area contributed by atoms with Crippen molar-refractivity contribution in [3.8, 4) is 0 Å². The number of nitrogens with zero attached hydrogens (tertiary/aromatic N) is 1. The van der Waals surface area contributed by atoms with Gasteiger partial charge in [-0.05, 0) is 23.8 Å². The fourth-order valence-electron chi connectivity index (χ4n) is 2.36. The minimum absolute atomic E-state index is 0.0898. The summed E-state index contributed by atoms with van der Waals surface area (Å²) in [5.41, 5.74) is 0.952. The highest BCUT2D eigenvalue weighted by Crippen LogP contribution is 2.21. The number of hydrogen-bond acceptors (Lipinski definition) is 3. The van der Waals surface area contributed by atoms with E-state index in [1.54, 1.807) is 20.3 Å². The third kappa shape index (κ3) is 3.29. The molecule has 0 spiro atoms. The van der Waals surface area contributed by atoms with E-state index in [0.29, 0.717) is 6.54 Å². The monoisotopic (exact) mass is 317 g/mol. The molecule has 0 N–H and O–H groups in total. The van der Waals surface area contributed by atoms with Crippen molar-refractivity contribution in [2.24, 2.45) is 0 Å². The summed E-state index contributed by atoms with van der Waals surface area (Å²) in [6.07, 6.45) is 0.180. The average molecular weight is 318 g/mol. The fraction of sp³-hybridized carbons (Fsp3) is 0.538.